The predicted molar refractivity (Wildman–Crippen MR) is 59.4 cm³/mol. The van der Waals surface area contributed by atoms with Crippen LogP contribution in [0.2, 0.25) is 0 Å². The quantitative estimate of drug-likeness (QED) is 0.726. The van der Waals surface area contributed by atoms with Crippen LogP contribution in [0.15, 0.2) is 0 Å². The first-order valence-corrected chi connectivity index (χ1v) is 5.74. The van der Waals surface area contributed by atoms with Gasteiger partial charge in [0.25, 0.3) is 0 Å². The van der Waals surface area contributed by atoms with Gasteiger partial charge in [-0.25, -0.2) is 0 Å². The Bertz CT molecular complexity index is 163. The van der Waals surface area contributed by atoms with Gasteiger partial charge < -0.3 is 10.0 Å². The van der Waals surface area contributed by atoms with E-state index in [1.165, 1.54) is 6.42 Å². The van der Waals surface area contributed by atoms with Crippen LogP contribution in [-0.4, -0.2) is 60.3 Å². The van der Waals surface area contributed by atoms with Gasteiger partial charge in [0.1, 0.15) is 0 Å². The molecule has 0 spiro atoms. The molecule has 0 radical (unpaired) electrons. The minimum atomic E-state index is 0.311. The number of aliphatic hydroxyl groups excluding tert-OH is 1. The summed E-state index contributed by atoms with van der Waals surface area (Å²) in [6, 6.07) is 1.20. The van der Waals surface area contributed by atoms with E-state index in [1.54, 1.807) is 0 Å². The third-order valence-corrected chi connectivity index (χ3v) is 3.35. The molecule has 1 rings (SSSR count). The molecule has 14 heavy (non-hydrogen) atoms. The first kappa shape index (κ1) is 12.0. The molecule has 0 aromatic carbocycles. The molecule has 2 atom stereocenters. The molecule has 0 aromatic heterocycles. The van der Waals surface area contributed by atoms with Crippen LogP contribution >= 0.6 is 0 Å². The van der Waals surface area contributed by atoms with Crippen LogP contribution in [0.4, 0.5) is 0 Å². The SMILES string of the molecule is CCC(C)N1CCN(C)CC1CCO. The molecule has 0 aliphatic carbocycles. The summed E-state index contributed by atoms with van der Waals surface area (Å²) in [6.07, 6.45) is 2.11. The normalized spacial score (nSPS) is 27.9. The van der Waals surface area contributed by atoms with Crippen molar-refractivity contribution in [1.29, 1.82) is 0 Å². The number of hydrogen-bond donors (Lipinski definition) is 1. The number of likely N-dealkylation sites (N-methyl/N-ethyl adjacent to an activating group) is 1. The monoisotopic (exact) mass is 200 g/mol. The molecule has 0 amide bonds. The second-order valence-electron chi connectivity index (χ2n) is 4.42. The fourth-order valence-corrected chi connectivity index (χ4v) is 2.25. The van der Waals surface area contributed by atoms with Crippen LogP contribution in [0.3, 0.4) is 0 Å². The molecule has 1 aliphatic rings. The molecule has 3 nitrogen and oxygen atoms in total. The highest BCUT2D eigenvalue weighted by Crippen LogP contribution is 2.16. The molecule has 0 bridgehead atoms. The zero-order valence-electron chi connectivity index (χ0n) is 9.74. The lowest BCUT2D eigenvalue weighted by atomic mass is 10.1. The van der Waals surface area contributed by atoms with Crippen molar-refractivity contribution in [3.05, 3.63) is 0 Å². The summed E-state index contributed by atoms with van der Waals surface area (Å²) in [4.78, 5) is 4.91. The molecule has 84 valence electrons. The van der Waals surface area contributed by atoms with Crippen molar-refractivity contribution in [3.8, 4) is 0 Å². The highest BCUT2D eigenvalue weighted by molar-refractivity contribution is 4.83. The van der Waals surface area contributed by atoms with E-state index in [1.807, 2.05) is 0 Å². The number of hydrogen-bond acceptors (Lipinski definition) is 3. The first-order chi connectivity index (χ1) is 6.69. The van der Waals surface area contributed by atoms with Crippen molar-refractivity contribution >= 4 is 0 Å². The molecular weight excluding hydrogens is 176 g/mol. The van der Waals surface area contributed by atoms with Gasteiger partial charge in [0, 0.05) is 38.3 Å². The molecule has 1 N–H and O–H groups in total. The Morgan fingerprint density at radius 2 is 2.14 bits per heavy atom. The van der Waals surface area contributed by atoms with Gasteiger partial charge in [-0.2, -0.15) is 0 Å². The average molecular weight is 200 g/mol. The van der Waals surface area contributed by atoms with E-state index in [9.17, 15) is 0 Å². The second-order valence-corrected chi connectivity index (χ2v) is 4.42. The van der Waals surface area contributed by atoms with E-state index in [2.05, 4.69) is 30.7 Å². The lowest BCUT2D eigenvalue weighted by molar-refractivity contribution is 0.0430. The van der Waals surface area contributed by atoms with E-state index < -0.39 is 0 Å². The van der Waals surface area contributed by atoms with Crippen molar-refractivity contribution < 1.29 is 5.11 Å². The van der Waals surface area contributed by atoms with Crippen molar-refractivity contribution in [2.75, 3.05) is 33.3 Å². The topological polar surface area (TPSA) is 26.7 Å². The van der Waals surface area contributed by atoms with Gasteiger partial charge in [0.15, 0.2) is 0 Å². The summed E-state index contributed by atoms with van der Waals surface area (Å²) in [5.41, 5.74) is 0. The van der Waals surface area contributed by atoms with E-state index in [-0.39, 0.29) is 0 Å². The van der Waals surface area contributed by atoms with Crippen LogP contribution in [-0.2, 0) is 0 Å². The summed E-state index contributed by atoms with van der Waals surface area (Å²) < 4.78 is 0. The highest BCUT2D eigenvalue weighted by atomic mass is 16.3. The zero-order chi connectivity index (χ0) is 10.6. The Labute approximate surface area is 87.7 Å². The van der Waals surface area contributed by atoms with E-state index in [0.29, 0.717) is 18.7 Å². The fraction of sp³-hybridized carbons (Fsp3) is 1.00. The largest absolute Gasteiger partial charge is 0.396 e. The molecular formula is C11H24N2O. The van der Waals surface area contributed by atoms with Crippen LogP contribution in [0.5, 0.6) is 0 Å². The minimum absolute atomic E-state index is 0.311. The molecule has 1 fully saturated rings. The van der Waals surface area contributed by atoms with E-state index in [0.717, 1.165) is 26.1 Å². The Kier molecular flexibility index (Phi) is 4.85. The second kappa shape index (κ2) is 5.69. The summed E-state index contributed by atoms with van der Waals surface area (Å²) in [6.45, 7) is 8.24. The maximum Gasteiger partial charge on any atom is 0.0446 e. The Balaban J connectivity index is 2.52. The highest BCUT2D eigenvalue weighted by Gasteiger charge is 2.27. The fourth-order valence-electron chi connectivity index (χ4n) is 2.25. The Morgan fingerprint density at radius 3 is 2.71 bits per heavy atom. The first-order valence-electron chi connectivity index (χ1n) is 5.74. The molecule has 2 unspecified atom stereocenters. The lowest BCUT2D eigenvalue weighted by Gasteiger charge is -2.43. The summed E-state index contributed by atoms with van der Waals surface area (Å²) in [5.74, 6) is 0. The summed E-state index contributed by atoms with van der Waals surface area (Å²) in [5, 5.41) is 9.03. The Hall–Kier alpha value is -0.120. The van der Waals surface area contributed by atoms with E-state index >= 15 is 0 Å². The van der Waals surface area contributed by atoms with Gasteiger partial charge in [-0.05, 0) is 26.8 Å². The maximum atomic E-state index is 9.03. The van der Waals surface area contributed by atoms with Gasteiger partial charge in [0.2, 0.25) is 0 Å². The molecule has 1 aliphatic heterocycles. The van der Waals surface area contributed by atoms with Gasteiger partial charge in [-0.15, -0.1) is 0 Å². The predicted octanol–water partition coefficient (Wildman–Crippen LogP) is 0.783. The third-order valence-electron chi connectivity index (χ3n) is 3.35. The number of nitrogens with zero attached hydrogens (tertiary/aromatic N) is 2. The molecule has 0 aromatic rings. The standard InChI is InChI=1S/C11H24N2O/c1-4-10(2)13-7-6-12(3)9-11(13)5-8-14/h10-11,14H,4-9H2,1-3H3. The molecule has 1 heterocycles. The van der Waals surface area contributed by atoms with Gasteiger partial charge in [-0.1, -0.05) is 6.92 Å². The summed E-state index contributed by atoms with van der Waals surface area (Å²) in [7, 11) is 2.17. The van der Waals surface area contributed by atoms with Gasteiger partial charge >= 0.3 is 0 Å². The minimum Gasteiger partial charge on any atom is -0.396 e. The van der Waals surface area contributed by atoms with Gasteiger partial charge in [0.05, 0.1) is 0 Å². The van der Waals surface area contributed by atoms with Crippen molar-refractivity contribution in [3.63, 3.8) is 0 Å². The molecule has 3 heteroatoms. The van der Waals surface area contributed by atoms with Crippen molar-refractivity contribution in [2.45, 2.75) is 38.8 Å². The Morgan fingerprint density at radius 1 is 1.43 bits per heavy atom. The number of rotatable bonds is 4. The number of piperazine rings is 1. The van der Waals surface area contributed by atoms with Crippen LogP contribution in [0.25, 0.3) is 0 Å². The lowest BCUT2D eigenvalue weighted by Crippen LogP contribution is -2.55. The van der Waals surface area contributed by atoms with Crippen LogP contribution in [0, 0.1) is 0 Å². The average Bonchev–Trinajstić information content (AvgIpc) is 2.17. The smallest absolute Gasteiger partial charge is 0.0446 e. The van der Waals surface area contributed by atoms with Crippen molar-refractivity contribution in [1.82, 2.24) is 9.80 Å². The third kappa shape index (κ3) is 2.94. The number of aliphatic hydroxyl groups is 1. The van der Waals surface area contributed by atoms with Crippen LogP contribution < -0.4 is 0 Å². The zero-order valence-corrected chi connectivity index (χ0v) is 9.74. The van der Waals surface area contributed by atoms with Crippen molar-refractivity contribution in [2.24, 2.45) is 0 Å². The van der Waals surface area contributed by atoms with Crippen LogP contribution in [0.1, 0.15) is 26.7 Å². The van der Waals surface area contributed by atoms with E-state index in [4.69, 9.17) is 5.11 Å². The summed E-state index contributed by atoms with van der Waals surface area (Å²) >= 11 is 0. The molecule has 1 saturated heterocycles. The maximum absolute atomic E-state index is 9.03. The molecule has 0 saturated carbocycles. The van der Waals surface area contributed by atoms with Gasteiger partial charge in [-0.3, -0.25) is 4.90 Å².